The molecule has 12 heteroatoms. The van der Waals surface area contributed by atoms with E-state index in [4.69, 9.17) is 9.98 Å². The van der Waals surface area contributed by atoms with Crippen molar-refractivity contribution in [1.29, 1.82) is 0 Å². The van der Waals surface area contributed by atoms with Crippen LogP contribution in [0.25, 0.3) is 0 Å². The molecule has 280 valence electrons. The summed E-state index contributed by atoms with van der Waals surface area (Å²) < 4.78 is 0. The Kier molecular flexibility index (Phi) is 14.8. The lowest BCUT2D eigenvalue weighted by molar-refractivity contribution is -0.385. The van der Waals surface area contributed by atoms with Crippen LogP contribution in [0, 0.1) is 51.8 Å². The van der Waals surface area contributed by atoms with Crippen LogP contribution in [-0.2, 0) is 6.42 Å². The van der Waals surface area contributed by atoms with Crippen LogP contribution >= 0.6 is 23.5 Å². The van der Waals surface area contributed by atoms with Crippen molar-refractivity contribution in [1.82, 2.24) is 0 Å². The molecule has 2 heterocycles. The highest BCUT2D eigenvalue weighted by atomic mass is 32.2. The highest BCUT2D eigenvalue weighted by Gasteiger charge is 2.32. The fourth-order valence-corrected chi connectivity index (χ4v) is 9.56. The van der Waals surface area contributed by atoms with Gasteiger partial charge in [0, 0.05) is 59.7 Å². The molecule has 2 aromatic rings. The predicted molar refractivity (Wildman–Crippen MR) is 218 cm³/mol. The van der Waals surface area contributed by atoms with Crippen molar-refractivity contribution in [2.24, 2.45) is 27.7 Å². The first kappa shape index (κ1) is 40.6. The lowest BCUT2D eigenvalue weighted by Crippen LogP contribution is -2.39. The number of thioether (sulfide) groups is 2. The normalized spacial score (nSPS) is 18.0. The molecule has 2 aliphatic rings. The summed E-state index contributed by atoms with van der Waals surface area (Å²) in [4.78, 5) is 38.2. The van der Waals surface area contributed by atoms with Crippen molar-refractivity contribution in [2.75, 3.05) is 27.9 Å². The average molecular weight is 739 g/mol. The first-order chi connectivity index (χ1) is 24.2. The third-order valence-corrected chi connectivity index (χ3v) is 11.6. The molecule has 0 fully saturated rings. The SMILES string of the molecule is CCCC(CCCc1cc([N+](=O)[O-])cc(C)c1N(CC(C)C)C1=N[C@H](CC(C)C)CS1)N(C1=NC(CC(C)C)CS1)c1ccc([N+](=O)[O-])cc1C. The largest absolute Gasteiger partial charge is 0.320 e. The summed E-state index contributed by atoms with van der Waals surface area (Å²) in [6.45, 7) is 20.3. The Morgan fingerprint density at radius 1 is 0.804 bits per heavy atom. The van der Waals surface area contributed by atoms with E-state index in [9.17, 15) is 20.2 Å². The van der Waals surface area contributed by atoms with Gasteiger partial charge >= 0.3 is 0 Å². The number of non-ortho nitro benzene ring substituents is 2. The third-order valence-electron chi connectivity index (χ3n) is 9.33. The van der Waals surface area contributed by atoms with Crippen molar-refractivity contribution < 1.29 is 9.85 Å². The molecular formula is C39H58N6O4S2. The Morgan fingerprint density at radius 3 is 1.94 bits per heavy atom. The minimum Gasteiger partial charge on any atom is -0.320 e. The number of rotatable bonds is 17. The van der Waals surface area contributed by atoms with E-state index in [1.165, 1.54) is 0 Å². The van der Waals surface area contributed by atoms with Gasteiger partial charge in [0.1, 0.15) is 0 Å². The van der Waals surface area contributed by atoms with Crippen LogP contribution in [0.1, 0.15) is 104 Å². The van der Waals surface area contributed by atoms with E-state index in [1.807, 2.05) is 19.9 Å². The Balaban J connectivity index is 1.70. The minimum absolute atomic E-state index is 0.0852. The van der Waals surface area contributed by atoms with Gasteiger partial charge in [-0.25, -0.2) is 0 Å². The first-order valence-electron chi connectivity index (χ1n) is 18.7. The number of anilines is 2. The van der Waals surface area contributed by atoms with Gasteiger partial charge in [-0.05, 0) is 92.9 Å². The van der Waals surface area contributed by atoms with Gasteiger partial charge in [-0.1, -0.05) is 78.4 Å². The lowest BCUT2D eigenvalue weighted by Gasteiger charge is -2.34. The summed E-state index contributed by atoms with van der Waals surface area (Å²) in [5, 5.41) is 25.7. The van der Waals surface area contributed by atoms with E-state index in [0.29, 0.717) is 24.2 Å². The third kappa shape index (κ3) is 10.9. The van der Waals surface area contributed by atoms with Crippen LogP contribution in [0.5, 0.6) is 0 Å². The zero-order chi connectivity index (χ0) is 37.4. The maximum absolute atomic E-state index is 12.1. The number of hydrogen-bond acceptors (Lipinski definition) is 10. The highest BCUT2D eigenvalue weighted by molar-refractivity contribution is 8.14. The molecule has 10 nitrogen and oxygen atoms in total. The molecule has 0 N–H and O–H groups in total. The number of aliphatic imine (C=N–C) groups is 2. The van der Waals surface area contributed by atoms with E-state index >= 15 is 0 Å². The maximum Gasteiger partial charge on any atom is 0.270 e. The second kappa shape index (κ2) is 18.6. The second-order valence-electron chi connectivity index (χ2n) is 15.5. The fourth-order valence-electron chi connectivity index (χ4n) is 7.30. The molecule has 2 aromatic carbocycles. The van der Waals surface area contributed by atoms with Crippen molar-refractivity contribution in [3.63, 3.8) is 0 Å². The van der Waals surface area contributed by atoms with Crippen molar-refractivity contribution in [2.45, 2.75) is 125 Å². The number of benzene rings is 2. The number of nitro groups is 2. The van der Waals surface area contributed by atoms with Gasteiger partial charge in [0.05, 0.1) is 21.9 Å². The fraction of sp³-hybridized carbons (Fsp3) is 0.641. The molecule has 2 aliphatic heterocycles. The Bertz CT molecular complexity index is 1590. The molecule has 0 spiro atoms. The van der Waals surface area contributed by atoms with Crippen LogP contribution in [0.3, 0.4) is 0 Å². The van der Waals surface area contributed by atoms with E-state index < -0.39 is 0 Å². The molecular weight excluding hydrogens is 681 g/mol. The number of hydrogen-bond donors (Lipinski definition) is 0. The summed E-state index contributed by atoms with van der Waals surface area (Å²) in [7, 11) is 0. The number of amidine groups is 2. The molecule has 3 atom stereocenters. The van der Waals surface area contributed by atoms with Crippen LogP contribution in [-0.4, -0.2) is 56.4 Å². The van der Waals surface area contributed by atoms with Gasteiger partial charge in [0.2, 0.25) is 0 Å². The summed E-state index contributed by atoms with van der Waals surface area (Å²) in [5.41, 5.74) is 4.95. The second-order valence-corrected chi connectivity index (χ2v) is 17.5. The Morgan fingerprint density at radius 2 is 1.39 bits per heavy atom. The molecule has 0 saturated heterocycles. The zero-order valence-electron chi connectivity index (χ0n) is 32.1. The van der Waals surface area contributed by atoms with Gasteiger partial charge in [0.15, 0.2) is 10.3 Å². The predicted octanol–water partition coefficient (Wildman–Crippen LogP) is 10.6. The minimum atomic E-state index is -0.341. The van der Waals surface area contributed by atoms with E-state index in [-0.39, 0.29) is 39.3 Å². The summed E-state index contributed by atoms with van der Waals surface area (Å²) in [6, 6.07) is 9.26. The molecule has 0 saturated carbocycles. The van der Waals surface area contributed by atoms with Crippen LogP contribution < -0.4 is 9.80 Å². The molecule has 4 rings (SSSR count). The van der Waals surface area contributed by atoms with Gasteiger partial charge in [-0.2, -0.15) is 0 Å². The first-order valence-corrected chi connectivity index (χ1v) is 20.7. The number of nitrogens with zero attached hydrogens (tertiary/aromatic N) is 6. The quantitative estimate of drug-likeness (QED) is 0.116. The standard InChI is InChI=1S/C39H58N6O4S2/c1-10-12-33(43(39-41-32(24-51-39)18-26(4)5)36-16-15-34(44(46)47)19-28(36)8)14-11-13-30-21-35(45(48)49)20-29(9)37(30)42(22-27(6)7)38-40-31(23-50-38)17-25(2)3/h15-16,19-21,25-27,31-33H,10-14,17-18,22-24H2,1-9H3/t31-,32?,33?/m1/s1. The van der Waals surface area contributed by atoms with Crippen LogP contribution in [0.4, 0.5) is 22.7 Å². The maximum atomic E-state index is 12.1. The summed E-state index contributed by atoms with van der Waals surface area (Å²) in [5.74, 6) is 3.36. The van der Waals surface area contributed by atoms with Gasteiger partial charge in [-0.15, -0.1) is 0 Å². The summed E-state index contributed by atoms with van der Waals surface area (Å²) >= 11 is 3.58. The van der Waals surface area contributed by atoms with Crippen molar-refractivity contribution in [3.8, 4) is 0 Å². The van der Waals surface area contributed by atoms with Gasteiger partial charge in [0.25, 0.3) is 11.4 Å². The Hall–Kier alpha value is -3.12. The van der Waals surface area contributed by atoms with Crippen molar-refractivity contribution in [3.05, 3.63) is 67.3 Å². The average Bonchev–Trinajstić information content (AvgIpc) is 3.69. The van der Waals surface area contributed by atoms with Crippen molar-refractivity contribution >= 4 is 56.6 Å². The van der Waals surface area contributed by atoms with Gasteiger partial charge < -0.3 is 9.80 Å². The van der Waals surface area contributed by atoms with Crippen LogP contribution in [0.15, 0.2) is 40.3 Å². The molecule has 0 aliphatic carbocycles. The molecule has 0 aromatic heterocycles. The molecule has 51 heavy (non-hydrogen) atoms. The number of nitro benzene ring substituents is 2. The molecule has 2 unspecified atom stereocenters. The molecule has 0 amide bonds. The van der Waals surface area contributed by atoms with E-state index in [0.717, 1.165) is 95.0 Å². The summed E-state index contributed by atoms with van der Waals surface area (Å²) in [6.07, 6.45) is 6.31. The highest BCUT2D eigenvalue weighted by Crippen LogP contribution is 2.38. The number of aryl methyl sites for hydroxylation is 3. The van der Waals surface area contributed by atoms with E-state index in [2.05, 4.69) is 58.3 Å². The monoisotopic (exact) mass is 738 g/mol. The van der Waals surface area contributed by atoms with E-state index in [1.54, 1.807) is 47.8 Å². The Labute approximate surface area is 313 Å². The van der Waals surface area contributed by atoms with Crippen LogP contribution in [0.2, 0.25) is 0 Å². The zero-order valence-corrected chi connectivity index (χ0v) is 33.7. The molecule has 0 radical (unpaired) electrons. The molecule has 0 bridgehead atoms. The topological polar surface area (TPSA) is 117 Å². The van der Waals surface area contributed by atoms with Gasteiger partial charge in [-0.3, -0.25) is 30.2 Å². The lowest BCUT2D eigenvalue weighted by atomic mass is 9.96. The smallest absolute Gasteiger partial charge is 0.270 e.